The number of benzene rings is 1. The van der Waals surface area contributed by atoms with Crippen LogP contribution in [0.2, 0.25) is 0 Å². The van der Waals surface area contributed by atoms with Gasteiger partial charge in [-0.3, -0.25) is 9.78 Å². The number of halogens is 1. The fourth-order valence-corrected chi connectivity index (χ4v) is 1.97. The molecule has 0 amide bonds. The number of hydrogen-bond donors (Lipinski definition) is 2. The highest BCUT2D eigenvalue weighted by Gasteiger charge is 2.26. The van der Waals surface area contributed by atoms with Gasteiger partial charge in [-0.25, -0.2) is 4.57 Å². The van der Waals surface area contributed by atoms with Crippen LogP contribution in [0.1, 0.15) is 20.8 Å². The number of hydrogen-bond acceptors (Lipinski definition) is 3. The molecule has 2 aromatic rings. The lowest BCUT2D eigenvalue weighted by molar-refractivity contribution is -0.658. The third-order valence-corrected chi connectivity index (χ3v) is 3.44. The van der Waals surface area contributed by atoms with E-state index in [0.29, 0.717) is 5.82 Å². The third kappa shape index (κ3) is 3.88. The number of carbonyl (C=O) groups is 1. The summed E-state index contributed by atoms with van der Waals surface area (Å²) in [6.07, 6.45) is 1.70. The van der Waals surface area contributed by atoms with Crippen LogP contribution < -0.4 is 32.0 Å². The number of nitrogens with zero attached hydrogens (tertiary/aromatic N) is 1. The van der Waals surface area contributed by atoms with Crippen LogP contribution in [0, 0.1) is 5.41 Å². The van der Waals surface area contributed by atoms with Crippen molar-refractivity contribution in [1.29, 1.82) is 0 Å². The highest BCUT2D eigenvalue weighted by molar-refractivity contribution is 5.82. The van der Waals surface area contributed by atoms with Crippen LogP contribution in [0.25, 0.3) is 11.4 Å². The van der Waals surface area contributed by atoms with Crippen LogP contribution in [-0.2, 0) is 11.3 Å². The van der Waals surface area contributed by atoms with Crippen LogP contribution in [0.15, 0.2) is 30.5 Å². The minimum atomic E-state index is -0.395. The monoisotopic (exact) mass is 367 g/mol. The molecule has 120 valence electrons. The van der Waals surface area contributed by atoms with Crippen LogP contribution in [0.3, 0.4) is 0 Å². The minimum Gasteiger partial charge on any atom is -1.00 e. The molecule has 2 rings (SSSR count). The van der Waals surface area contributed by atoms with Gasteiger partial charge in [0.05, 0.1) is 7.11 Å². The van der Waals surface area contributed by atoms with Gasteiger partial charge in [-0.2, -0.15) is 0 Å². The first-order chi connectivity index (χ1) is 9.82. The number of aromatic amines is 1. The topological polar surface area (TPSA) is 72.0 Å². The van der Waals surface area contributed by atoms with E-state index in [9.17, 15) is 4.79 Å². The quantitative estimate of drug-likeness (QED) is 0.693. The zero-order valence-electron chi connectivity index (χ0n) is 13.3. The van der Waals surface area contributed by atoms with E-state index in [0.717, 1.165) is 17.1 Å². The Labute approximate surface area is 141 Å². The maximum absolute atomic E-state index is 12.3. The molecule has 1 aromatic carbocycles. The molecule has 1 aromatic heterocycles. The smallest absolute Gasteiger partial charge is 0.251 e. The number of nitrogens with one attached hydrogen (secondary N) is 1. The van der Waals surface area contributed by atoms with Crippen molar-refractivity contribution in [3.63, 3.8) is 0 Å². The number of ether oxygens (including phenoxy) is 1. The number of methoxy groups -OCH3 is 1. The van der Waals surface area contributed by atoms with Gasteiger partial charge in [-0.15, -0.1) is 0 Å². The van der Waals surface area contributed by atoms with Crippen LogP contribution >= 0.6 is 0 Å². The van der Waals surface area contributed by atoms with Gasteiger partial charge in [-0.05, 0) is 24.3 Å². The van der Waals surface area contributed by atoms with Crippen molar-refractivity contribution in [3.8, 4) is 17.1 Å². The molecule has 0 aliphatic rings. The number of nitrogen functional groups attached to an aromatic ring is 1. The highest BCUT2D eigenvalue weighted by atomic mass is 79.9. The predicted molar refractivity (Wildman–Crippen MR) is 81.9 cm³/mol. The van der Waals surface area contributed by atoms with E-state index in [1.165, 1.54) is 0 Å². The van der Waals surface area contributed by atoms with Gasteiger partial charge in [-0.1, -0.05) is 20.8 Å². The van der Waals surface area contributed by atoms with Crippen molar-refractivity contribution >= 4 is 11.6 Å². The molecule has 0 aliphatic heterocycles. The first-order valence-electron chi connectivity index (χ1n) is 6.87. The Bertz CT molecular complexity index is 642. The third-order valence-electron chi connectivity index (χ3n) is 3.44. The molecule has 0 aliphatic carbocycles. The van der Waals surface area contributed by atoms with Gasteiger partial charge in [0.2, 0.25) is 5.82 Å². The standard InChI is InChI=1S/C16H21N3O2.BrH/c1-16(2,3)13(20)10-19-14(17)9-18-15(19)11-5-7-12(21-4)8-6-11;/h5-9H,10,17H2,1-4H3;1H. The Morgan fingerprint density at radius 1 is 1.27 bits per heavy atom. The maximum atomic E-state index is 12.3. The number of anilines is 1. The van der Waals surface area contributed by atoms with E-state index in [2.05, 4.69) is 4.98 Å². The molecular weight excluding hydrogens is 346 g/mol. The normalized spacial score (nSPS) is 10.9. The van der Waals surface area contributed by atoms with E-state index in [1.807, 2.05) is 45.0 Å². The Balaban J connectivity index is 0.00000242. The fourth-order valence-electron chi connectivity index (χ4n) is 1.97. The molecule has 6 heteroatoms. The second kappa shape index (κ2) is 6.96. The summed E-state index contributed by atoms with van der Waals surface area (Å²) in [7, 11) is 1.63. The van der Waals surface area contributed by atoms with Crippen molar-refractivity contribution in [2.75, 3.05) is 12.8 Å². The zero-order valence-corrected chi connectivity index (χ0v) is 14.9. The summed E-state index contributed by atoms with van der Waals surface area (Å²) in [4.78, 5) is 15.4. The number of rotatable bonds is 4. The van der Waals surface area contributed by atoms with Crippen molar-refractivity contribution in [3.05, 3.63) is 30.5 Å². The molecule has 0 fully saturated rings. The van der Waals surface area contributed by atoms with Crippen molar-refractivity contribution in [2.24, 2.45) is 5.41 Å². The van der Waals surface area contributed by atoms with E-state index in [-0.39, 0.29) is 29.3 Å². The van der Waals surface area contributed by atoms with Crippen molar-refractivity contribution in [1.82, 2.24) is 4.98 Å². The van der Waals surface area contributed by atoms with Gasteiger partial charge < -0.3 is 27.5 Å². The number of H-pyrrole nitrogens is 1. The summed E-state index contributed by atoms with van der Waals surface area (Å²) < 4.78 is 6.95. The highest BCUT2D eigenvalue weighted by Crippen LogP contribution is 2.20. The second-order valence-electron chi connectivity index (χ2n) is 6.05. The number of Topliss-reactive ketones (excluding diaryl/α,β-unsaturated/α-hetero) is 1. The lowest BCUT2D eigenvalue weighted by Crippen LogP contribution is -3.00. The first-order valence-corrected chi connectivity index (χ1v) is 6.87. The summed E-state index contributed by atoms with van der Waals surface area (Å²) in [5.74, 6) is 2.27. The summed E-state index contributed by atoms with van der Waals surface area (Å²) >= 11 is 0. The molecular formula is C16H22BrN3O2. The first kappa shape index (κ1) is 18.2. The molecule has 22 heavy (non-hydrogen) atoms. The molecule has 0 bridgehead atoms. The lowest BCUT2D eigenvalue weighted by atomic mass is 9.91. The van der Waals surface area contributed by atoms with E-state index < -0.39 is 5.41 Å². The zero-order chi connectivity index (χ0) is 15.6. The molecule has 0 spiro atoms. The van der Waals surface area contributed by atoms with E-state index in [4.69, 9.17) is 10.5 Å². The second-order valence-corrected chi connectivity index (χ2v) is 6.05. The SMILES string of the molecule is COc1ccc(-c2[nH]cc(N)[n+]2CC(=O)C(C)(C)C)cc1.[Br-]. The number of imidazole rings is 1. The summed E-state index contributed by atoms with van der Waals surface area (Å²) in [6, 6.07) is 7.62. The average molecular weight is 368 g/mol. The predicted octanol–water partition coefficient (Wildman–Crippen LogP) is -0.821. The molecule has 0 saturated carbocycles. The van der Waals surface area contributed by atoms with Gasteiger partial charge in [0.15, 0.2) is 5.78 Å². The van der Waals surface area contributed by atoms with Gasteiger partial charge in [0, 0.05) is 11.0 Å². The summed E-state index contributed by atoms with van der Waals surface area (Å²) in [5.41, 5.74) is 6.54. The van der Waals surface area contributed by atoms with Crippen LogP contribution in [0.5, 0.6) is 5.75 Å². The van der Waals surface area contributed by atoms with Gasteiger partial charge >= 0.3 is 0 Å². The molecule has 1 heterocycles. The van der Waals surface area contributed by atoms with E-state index in [1.54, 1.807) is 17.9 Å². The molecule has 0 atom stereocenters. The van der Waals surface area contributed by atoms with Crippen molar-refractivity contribution < 1.29 is 31.1 Å². The number of carbonyl (C=O) groups excluding carboxylic acids is 1. The Kier molecular flexibility index (Phi) is 5.77. The Hall–Kier alpha value is -1.82. The largest absolute Gasteiger partial charge is 1.00 e. The number of aromatic nitrogens is 2. The van der Waals surface area contributed by atoms with Crippen molar-refractivity contribution in [2.45, 2.75) is 27.3 Å². The summed E-state index contributed by atoms with van der Waals surface area (Å²) in [5, 5.41) is 0. The minimum absolute atomic E-state index is 0. The average Bonchev–Trinajstić information content (AvgIpc) is 2.79. The Morgan fingerprint density at radius 2 is 1.86 bits per heavy atom. The fraction of sp³-hybridized carbons (Fsp3) is 0.375. The van der Waals surface area contributed by atoms with Gasteiger partial charge in [0.25, 0.3) is 5.82 Å². The number of nitrogens with two attached hydrogens (primary N) is 1. The molecule has 0 radical (unpaired) electrons. The molecule has 0 saturated heterocycles. The van der Waals surface area contributed by atoms with Gasteiger partial charge in [0.1, 0.15) is 18.5 Å². The Morgan fingerprint density at radius 3 is 2.36 bits per heavy atom. The van der Waals surface area contributed by atoms with E-state index >= 15 is 0 Å². The molecule has 0 unspecified atom stereocenters. The molecule has 5 nitrogen and oxygen atoms in total. The van der Waals surface area contributed by atoms with Crippen LogP contribution in [0.4, 0.5) is 5.82 Å². The molecule has 3 N–H and O–H groups in total. The number of ketones is 1. The lowest BCUT2D eigenvalue weighted by Gasteiger charge is -2.16. The summed E-state index contributed by atoms with van der Waals surface area (Å²) in [6.45, 7) is 5.98. The van der Waals surface area contributed by atoms with Crippen LogP contribution in [-0.4, -0.2) is 17.9 Å². The maximum Gasteiger partial charge on any atom is 0.251 e.